The molecule has 4 rings (SSSR count). The number of carbonyl (C=O) groups is 2. The number of halogens is 2. The highest BCUT2D eigenvalue weighted by Gasteiger charge is 2.40. The van der Waals surface area contributed by atoms with Gasteiger partial charge in [0.05, 0.1) is 23.4 Å². The van der Waals surface area contributed by atoms with E-state index in [4.69, 9.17) is 16.3 Å². The Morgan fingerprint density at radius 1 is 0.968 bits per heavy atom. The van der Waals surface area contributed by atoms with Gasteiger partial charge in [-0.3, -0.25) is 9.59 Å². The zero-order valence-electron chi connectivity index (χ0n) is 16.8. The molecule has 0 radical (unpaired) electrons. The molecule has 3 aromatic rings. The van der Waals surface area contributed by atoms with Gasteiger partial charge in [0.25, 0.3) is 11.8 Å². The second-order valence-electron chi connectivity index (χ2n) is 7.02. The van der Waals surface area contributed by atoms with Gasteiger partial charge in [-0.2, -0.15) is 0 Å². The van der Waals surface area contributed by atoms with Crippen molar-refractivity contribution in [3.63, 3.8) is 0 Å². The Balaban J connectivity index is 1.82. The summed E-state index contributed by atoms with van der Waals surface area (Å²) in [6, 6.07) is 18.0. The average Bonchev–Trinajstić information content (AvgIpc) is 3.00. The van der Waals surface area contributed by atoms with E-state index in [2.05, 4.69) is 5.32 Å². The first-order valence-electron chi connectivity index (χ1n) is 9.45. The van der Waals surface area contributed by atoms with Gasteiger partial charge in [-0.15, -0.1) is 0 Å². The zero-order chi connectivity index (χ0) is 22.1. The van der Waals surface area contributed by atoms with E-state index in [1.54, 1.807) is 43.5 Å². The third kappa shape index (κ3) is 3.90. The van der Waals surface area contributed by atoms with Crippen LogP contribution in [0.1, 0.15) is 11.1 Å². The summed E-state index contributed by atoms with van der Waals surface area (Å²) >= 11 is 5.89. The molecule has 0 saturated heterocycles. The van der Waals surface area contributed by atoms with Crippen molar-refractivity contribution in [2.45, 2.75) is 6.92 Å². The maximum Gasteiger partial charge on any atom is 0.282 e. The van der Waals surface area contributed by atoms with Crippen LogP contribution in [0.15, 0.2) is 72.4 Å². The molecule has 0 saturated carbocycles. The minimum atomic E-state index is -0.633. The Kier molecular flexibility index (Phi) is 5.48. The van der Waals surface area contributed by atoms with Crippen LogP contribution in [0.2, 0.25) is 5.02 Å². The molecule has 1 aliphatic heterocycles. The number of nitrogens with zero attached hydrogens (tertiary/aromatic N) is 1. The molecule has 0 aromatic heterocycles. The summed E-state index contributed by atoms with van der Waals surface area (Å²) in [7, 11) is 1.54. The number of ether oxygens (including phenoxy) is 1. The van der Waals surface area contributed by atoms with E-state index in [0.29, 0.717) is 17.0 Å². The van der Waals surface area contributed by atoms with E-state index < -0.39 is 17.6 Å². The molecule has 0 fully saturated rings. The molecule has 0 atom stereocenters. The predicted molar refractivity (Wildman–Crippen MR) is 119 cm³/mol. The molecule has 1 N–H and O–H groups in total. The summed E-state index contributed by atoms with van der Waals surface area (Å²) in [5.74, 6) is -1.12. The fraction of sp³-hybridized carbons (Fsp3) is 0.0833. The molecular formula is C24H18ClFN2O3. The first-order chi connectivity index (χ1) is 14.9. The molecule has 1 aliphatic rings. The fourth-order valence-corrected chi connectivity index (χ4v) is 3.51. The topological polar surface area (TPSA) is 58.6 Å². The predicted octanol–water partition coefficient (Wildman–Crippen LogP) is 5.19. The number of hydrogen-bond donors (Lipinski definition) is 1. The van der Waals surface area contributed by atoms with Gasteiger partial charge in [0.15, 0.2) is 0 Å². The van der Waals surface area contributed by atoms with Crippen LogP contribution in [0.25, 0.3) is 5.57 Å². The van der Waals surface area contributed by atoms with Gasteiger partial charge in [0.2, 0.25) is 0 Å². The quantitative estimate of drug-likeness (QED) is 0.559. The lowest BCUT2D eigenvalue weighted by Gasteiger charge is -2.16. The number of amides is 2. The SMILES string of the molecule is COc1cccc(NC2=C(c3ccc(C)cc3)C(=O)N(c3ccc(F)c(Cl)c3)C2=O)c1. The summed E-state index contributed by atoms with van der Waals surface area (Å²) < 4.78 is 18.9. The minimum Gasteiger partial charge on any atom is -0.497 e. The molecule has 2 amide bonds. The van der Waals surface area contributed by atoms with Crippen LogP contribution >= 0.6 is 11.6 Å². The highest BCUT2D eigenvalue weighted by Crippen LogP contribution is 2.35. The van der Waals surface area contributed by atoms with Crippen molar-refractivity contribution in [3.8, 4) is 5.75 Å². The monoisotopic (exact) mass is 436 g/mol. The number of benzene rings is 3. The molecule has 1 heterocycles. The molecule has 156 valence electrons. The van der Waals surface area contributed by atoms with Crippen molar-refractivity contribution >= 4 is 40.4 Å². The standard InChI is InChI=1S/C24H18ClFN2O3/c1-14-6-8-15(9-7-14)21-22(27-16-4-3-5-18(12-16)31-2)24(30)28(23(21)29)17-10-11-20(26)19(25)13-17/h3-13,27H,1-2H3. The number of hydrogen-bond acceptors (Lipinski definition) is 4. The highest BCUT2D eigenvalue weighted by molar-refractivity contribution is 6.46. The van der Waals surface area contributed by atoms with Gasteiger partial charge < -0.3 is 10.1 Å². The normalized spacial score (nSPS) is 13.7. The van der Waals surface area contributed by atoms with Crippen LogP contribution in [0, 0.1) is 12.7 Å². The second kappa shape index (κ2) is 8.24. The number of carbonyl (C=O) groups excluding carboxylic acids is 2. The third-order valence-electron chi connectivity index (χ3n) is 4.92. The molecule has 31 heavy (non-hydrogen) atoms. The van der Waals surface area contributed by atoms with Crippen molar-refractivity contribution < 1.29 is 18.7 Å². The summed E-state index contributed by atoms with van der Waals surface area (Å²) in [5, 5.41) is 2.89. The molecule has 3 aromatic carbocycles. The van der Waals surface area contributed by atoms with E-state index in [-0.39, 0.29) is 22.0 Å². The Bertz CT molecular complexity index is 1220. The zero-order valence-corrected chi connectivity index (χ0v) is 17.5. The van der Waals surface area contributed by atoms with Crippen LogP contribution in [0.3, 0.4) is 0 Å². The van der Waals surface area contributed by atoms with E-state index in [0.717, 1.165) is 16.5 Å². The average molecular weight is 437 g/mol. The van der Waals surface area contributed by atoms with E-state index in [1.807, 2.05) is 19.1 Å². The number of aryl methyl sites for hydroxylation is 1. The van der Waals surface area contributed by atoms with Gasteiger partial charge >= 0.3 is 0 Å². The van der Waals surface area contributed by atoms with Crippen molar-refractivity contribution in [2.75, 3.05) is 17.3 Å². The molecule has 7 heteroatoms. The largest absolute Gasteiger partial charge is 0.497 e. The Morgan fingerprint density at radius 3 is 2.39 bits per heavy atom. The van der Waals surface area contributed by atoms with E-state index in [9.17, 15) is 14.0 Å². The van der Waals surface area contributed by atoms with Crippen LogP contribution in [-0.4, -0.2) is 18.9 Å². The summed E-state index contributed by atoms with van der Waals surface area (Å²) in [6.07, 6.45) is 0. The molecule has 0 unspecified atom stereocenters. The highest BCUT2D eigenvalue weighted by atomic mass is 35.5. The molecule has 5 nitrogen and oxygen atoms in total. The third-order valence-corrected chi connectivity index (χ3v) is 5.21. The Hall–Kier alpha value is -3.64. The van der Waals surface area contributed by atoms with Crippen LogP contribution in [0.5, 0.6) is 5.75 Å². The van der Waals surface area contributed by atoms with E-state index in [1.165, 1.54) is 12.1 Å². The fourth-order valence-electron chi connectivity index (χ4n) is 3.34. The maximum absolute atomic E-state index is 13.6. The Morgan fingerprint density at radius 2 is 1.71 bits per heavy atom. The van der Waals surface area contributed by atoms with Gasteiger partial charge in [-0.25, -0.2) is 9.29 Å². The van der Waals surface area contributed by atoms with Crippen molar-refractivity contribution in [3.05, 3.63) is 94.4 Å². The number of methoxy groups -OCH3 is 1. The summed E-state index contributed by atoms with van der Waals surface area (Å²) in [6.45, 7) is 1.93. The number of imide groups is 1. The first kappa shape index (κ1) is 20.6. The lowest BCUT2D eigenvalue weighted by Crippen LogP contribution is -2.32. The van der Waals surface area contributed by atoms with Crippen molar-refractivity contribution in [2.24, 2.45) is 0 Å². The van der Waals surface area contributed by atoms with E-state index >= 15 is 0 Å². The van der Waals surface area contributed by atoms with Crippen molar-refractivity contribution in [1.29, 1.82) is 0 Å². The lowest BCUT2D eigenvalue weighted by molar-refractivity contribution is -0.120. The van der Waals surface area contributed by atoms with Crippen molar-refractivity contribution in [1.82, 2.24) is 0 Å². The van der Waals surface area contributed by atoms with Gasteiger partial charge in [0, 0.05) is 11.8 Å². The van der Waals surface area contributed by atoms with Crippen LogP contribution in [-0.2, 0) is 9.59 Å². The van der Waals surface area contributed by atoms with Crippen LogP contribution < -0.4 is 15.0 Å². The number of nitrogens with one attached hydrogen (secondary N) is 1. The molecule has 0 aliphatic carbocycles. The lowest BCUT2D eigenvalue weighted by atomic mass is 10.0. The smallest absolute Gasteiger partial charge is 0.282 e. The first-order valence-corrected chi connectivity index (χ1v) is 9.83. The molecular weight excluding hydrogens is 419 g/mol. The second-order valence-corrected chi connectivity index (χ2v) is 7.42. The maximum atomic E-state index is 13.6. The van der Waals surface area contributed by atoms with Gasteiger partial charge in [-0.1, -0.05) is 47.5 Å². The minimum absolute atomic E-state index is 0.113. The molecule has 0 bridgehead atoms. The van der Waals surface area contributed by atoms with Crippen LogP contribution in [0.4, 0.5) is 15.8 Å². The molecule has 0 spiro atoms. The number of anilines is 2. The number of rotatable bonds is 5. The Labute approximate surface area is 183 Å². The summed E-state index contributed by atoms with van der Waals surface area (Å²) in [5.41, 5.74) is 2.71. The van der Waals surface area contributed by atoms with Gasteiger partial charge in [0.1, 0.15) is 17.3 Å². The van der Waals surface area contributed by atoms with Gasteiger partial charge in [-0.05, 0) is 42.8 Å². The summed E-state index contributed by atoms with van der Waals surface area (Å²) in [4.78, 5) is 27.7.